The molecule has 1 heterocycles. The molecule has 146 valence electrons. The molecule has 1 aliphatic rings. The molecule has 0 aromatic heterocycles. The van der Waals surface area contributed by atoms with Gasteiger partial charge in [-0.2, -0.15) is 0 Å². The van der Waals surface area contributed by atoms with Crippen LogP contribution in [-0.4, -0.2) is 44.1 Å². The summed E-state index contributed by atoms with van der Waals surface area (Å²) in [5.41, 5.74) is -0.463. The number of amides is 1. The number of hydrogen-bond acceptors (Lipinski definition) is 3. The molecule has 0 saturated carbocycles. The van der Waals surface area contributed by atoms with Crippen LogP contribution in [0.5, 0.6) is 0 Å². The van der Waals surface area contributed by atoms with Gasteiger partial charge >= 0.3 is 6.09 Å². The number of carbonyl (C=O) groups is 1. The lowest BCUT2D eigenvalue weighted by atomic mass is 9.95. The second kappa shape index (κ2) is 8.25. The topological polar surface area (TPSA) is 38.8 Å². The summed E-state index contributed by atoms with van der Waals surface area (Å²) in [6, 6.07) is 0.178. The van der Waals surface area contributed by atoms with E-state index < -0.39 is 13.9 Å². The molecule has 1 amide bonds. The third-order valence-electron chi connectivity index (χ3n) is 5.41. The zero-order valence-electron chi connectivity index (χ0n) is 17.6. The first-order valence-corrected chi connectivity index (χ1v) is 12.4. The molecule has 0 radical (unpaired) electrons. The van der Waals surface area contributed by atoms with Gasteiger partial charge in [0.05, 0.1) is 0 Å². The van der Waals surface area contributed by atoms with E-state index in [1.807, 2.05) is 31.7 Å². The Morgan fingerprint density at radius 3 is 2.36 bits per heavy atom. The van der Waals surface area contributed by atoms with Crippen molar-refractivity contribution in [2.24, 2.45) is 5.92 Å². The first-order valence-electron chi connectivity index (χ1n) is 9.53. The molecule has 1 saturated heterocycles. The van der Waals surface area contributed by atoms with Gasteiger partial charge in [-0.05, 0) is 58.2 Å². The van der Waals surface area contributed by atoms with E-state index in [9.17, 15) is 4.79 Å². The summed E-state index contributed by atoms with van der Waals surface area (Å²) < 4.78 is 12.1. The van der Waals surface area contributed by atoms with E-state index in [4.69, 9.17) is 9.16 Å². The zero-order chi connectivity index (χ0) is 19.5. The lowest BCUT2D eigenvalue weighted by Crippen LogP contribution is -2.47. The fraction of sp³-hybridized carbons (Fsp3) is 0.850. The lowest BCUT2D eigenvalue weighted by Gasteiger charge is -2.39. The number of likely N-dealkylation sites (tertiary alicyclic amines) is 1. The molecular formula is C20H39NO3Si. The van der Waals surface area contributed by atoms with Crippen LogP contribution in [0.3, 0.4) is 0 Å². The van der Waals surface area contributed by atoms with Gasteiger partial charge in [-0.3, -0.25) is 0 Å². The third-order valence-corrected chi connectivity index (χ3v) is 9.91. The van der Waals surface area contributed by atoms with Gasteiger partial charge in [0.15, 0.2) is 8.32 Å². The molecule has 0 aliphatic carbocycles. The molecule has 4 nitrogen and oxygen atoms in total. The van der Waals surface area contributed by atoms with Crippen LogP contribution in [0.25, 0.3) is 0 Å². The number of rotatable bonds is 6. The Bertz CT molecular complexity index is 463. The van der Waals surface area contributed by atoms with Gasteiger partial charge < -0.3 is 14.1 Å². The van der Waals surface area contributed by atoms with Crippen LogP contribution >= 0.6 is 0 Å². The average molecular weight is 370 g/mol. The van der Waals surface area contributed by atoms with Crippen LogP contribution in [0, 0.1) is 5.92 Å². The Kier molecular flexibility index (Phi) is 7.34. The second-order valence-corrected chi connectivity index (χ2v) is 14.5. The molecule has 0 spiro atoms. The fourth-order valence-corrected chi connectivity index (χ4v) is 3.98. The van der Waals surface area contributed by atoms with Crippen molar-refractivity contribution in [2.45, 2.75) is 90.6 Å². The van der Waals surface area contributed by atoms with Crippen LogP contribution in [0.4, 0.5) is 4.79 Å². The Morgan fingerprint density at radius 1 is 1.28 bits per heavy atom. The van der Waals surface area contributed by atoms with Crippen molar-refractivity contribution in [1.29, 1.82) is 0 Å². The first kappa shape index (κ1) is 22.2. The predicted molar refractivity (Wildman–Crippen MR) is 107 cm³/mol. The predicted octanol–water partition coefficient (Wildman–Crippen LogP) is 5.60. The van der Waals surface area contributed by atoms with Gasteiger partial charge in [-0.25, -0.2) is 4.79 Å². The summed E-state index contributed by atoms with van der Waals surface area (Å²) in [7, 11) is -1.80. The normalized spacial score (nSPS) is 20.5. The number of ether oxygens (including phenoxy) is 1. The summed E-state index contributed by atoms with van der Waals surface area (Å²) in [6.45, 7) is 22.4. The smallest absolute Gasteiger partial charge is 0.410 e. The summed E-state index contributed by atoms with van der Waals surface area (Å²) in [4.78, 5) is 14.5. The standard InChI is InChI=1S/C20H39NO3Si/c1-10-12-16(15-23-25(8,9)20(5,6)7)17-13-11-14-21(17)18(22)24-19(2,3)4/h10,16-17H,1,11-15H2,2-9H3/t16-,17-/m0/s1. The highest BCUT2D eigenvalue weighted by Crippen LogP contribution is 2.38. The van der Waals surface area contributed by atoms with E-state index in [2.05, 4.69) is 40.4 Å². The Balaban J connectivity index is 2.83. The maximum atomic E-state index is 12.6. The minimum absolute atomic E-state index is 0.178. The van der Waals surface area contributed by atoms with Crippen molar-refractivity contribution in [3.05, 3.63) is 12.7 Å². The summed E-state index contributed by atoms with van der Waals surface area (Å²) >= 11 is 0. The maximum absolute atomic E-state index is 12.6. The van der Waals surface area contributed by atoms with E-state index in [-0.39, 0.29) is 23.1 Å². The van der Waals surface area contributed by atoms with Gasteiger partial charge in [-0.15, -0.1) is 6.58 Å². The molecule has 1 aliphatic heterocycles. The highest BCUT2D eigenvalue weighted by Gasteiger charge is 2.40. The zero-order valence-corrected chi connectivity index (χ0v) is 18.6. The van der Waals surface area contributed by atoms with Crippen LogP contribution < -0.4 is 0 Å². The number of allylic oxidation sites excluding steroid dienone is 1. The molecule has 1 fully saturated rings. The molecule has 5 heteroatoms. The summed E-state index contributed by atoms with van der Waals surface area (Å²) in [5.74, 6) is 0.279. The molecule has 0 N–H and O–H groups in total. The van der Waals surface area contributed by atoms with Crippen molar-refractivity contribution in [3.63, 3.8) is 0 Å². The lowest BCUT2D eigenvalue weighted by molar-refractivity contribution is 0.0149. The SMILES string of the molecule is C=CC[C@@H](CO[Si](C)(C)C(C)(C)C)[C@@H]1CCCN1C(=O)OC(C)(C)C. The van der Waals surface area contributed by atoms with Crippen molar-refractivity contribution in [3.8, 4) is 0 Å². The van der Waals surface area contributed by atoms with Crippen molar-refractivity contribution in [1.82, 2.24) is 4.90 Å². The van der Waals surface area contributed by atoms with Gasteiger partial charge in [0.1, 0.15) is 5.60 Å². The average Bonchev–Trinajstić information content (AvgIpc) is 2.89. The van der Waals surface area contributed by atoms with Crippen molar-refractivity contribution in [2.75, 3.05) is 13.2 Å². The van der Waals surface area contributed by atoms with Crippen molar-refractivity contribution < 1.29 is 14.0 Å². The minimum Gasteiger partial charge on any atom is -0.444 e. The fourth-order valence-electron chi connectivity index (χ4n) is 2.91. The monoisotopic (exact) mass is 369 g/mol. The highest BCUT2D eigenvalue weighted by atomic mass is 28.4. The highest BCUT2D eigenvalue weighted by molar-refractivity contribution is 6.74. The molecule has 0 unspecified atom stereocenters. The molecule has 0 aromatic rings. The Morgan fingerprint density at radius 2 is 1.88 bits per heavy atom. The van der Waals surface area contributed by atoms with Crippen molar-refractivity contribution >= 4 is 14.4 Å². The molecular weight excluding hydrogens is 330 g/mol. The quantitative estimate of drug-likeness (QED) is 0.452. The first-order chi connectivity index (χ1) is 11.3. The molecule has 1 rings (SSSR count). The molecule has 0 aromatic carbocycles. The number of hydrogen-bond donors (Lipinski definition) is 0. The largest absolute Gasteiger partial charge is 0.444 e. The van der Waals surface area contributed by atoms with Crippen LogP contribution in [-0.2, 0) is 9.16 Å². The van der Waals surface area contributed by atoms with Crippen LogP contribution in [0.15, 0.2) is 12.7 Å². The van der Waals surface area contributed by atoms with Gasteiger partial charge in [0.25, 0.3) is 0 Å². The van der Waals surface area contributed by atoms with Gasteiger partial charge in [-0.1, -0.05) is 26.8 Å². The van der Waals surface area contributed by atoms with Crippen LogP contribution in [0.2, 0.25) is 18.1 Å². The molecule has 0 bridgehead atoms. The second-order valence-electron chi connectivity index (χ2n) is 9.74. The van der Waals surface area contributed by atoms with E-state index in [1.54, 1.807) is 0 Å². The van der Waals surface area contributed by atoms with Crippen LogP contribution in [0.1, 0.15) is 60.8 Å². The summed E-state index contributed by atoms with van der Waals surface area (Å²) in [6.07, 6.45) is 4.65. The van der Waals surface area contributed by atoms with E-state index >= 15 is 0 Å². The summed E-state index contributed by atoms with van der Waals surface area (Å²) in [5, 5.41) is 0.187. The molecule has 2 atom stereocenters. The van der Waals surface area contributed by atoms with Gasteiger partial charge in [0.2, 0.25) is 0 Å². The molecule has 25 heavy (non-hydrogen) atoms. The van der Waals surface area contributed by atoms with E-state index in [0.29, 0.717) is 6.61 Å². The maximum Gasteiger partial charge on any atom is 0.410 e. The Labute approximate surface area is 156 Å². The minimum atomic E-state index is -1.80. The van der Waals surface area contributed by atoms with E-state index in [1.165, 1.54) is 0 Å². The Hall–Kier alpha value is -0.813. The number of nitrogens with zero attached hydrogens (tertiary/aromatic N) is 1. The number of carbonyl (C=O) groups excluding carboxylic acids is 1. The van der Waals surface area contributed by atoms with Gasteiger partial charge in [0, 0.05) is 25.1 Å². The van der Waals surface area contributed by atoms with E-state index in [0.717, 1.165) is 25.8 Å². The third kappa shape index (κ3) is 6.44.